The lowest BCUT2D eigenvalue weighted by molar-refractivity contribution is -0.128. The molecule has 198 valence electrons. The molecule has 4 aromatic rings. The molecule has 2 atom stereocenters. The topological polar surface area (TPSA) is 143 Å². The normalized spacial score (nSPS) is 12.7. The highest BCUT2D eigenvalue weighted by atomic mass is 16.5. The number of nitrogens with one attached hydrogen (secondary N) is 2. The molecule has 10 heteroatoms. The molecular formula is C28H31N5O5. The first kappa shape index (κ1) is 26.6. The predicted molar refractivity (Wildman–Crippen MR) is 144 cm³/mol. The summed E-state index contributed by atoms with van der Waals surface area (Å²) in [6, 6.07) is 15.8. The second-order valence-electron chi connectivity index (χ2n) is 9.13. The molecule has 5 N–H and O–H groups in total. The minimum absolute atomic E-state index is 0.306. The van der Waals surface area contributed by atoms with Crippen molar-refractivity contribution in [2.24, 2.45) is 5.84 Å². The molecule has 0 saturated heterocycles. The Morgan fingerprint density at radius 1 is 0.974 bits per heavy atom. The number of aromatic nitrogens is 2. The Hall–Kier alpha value is -4.41. The molecule has 0 aliphatic carbocycles. The number of aromatic amines is 1. The van der Waals surface area contributed by atoms with Gasteiger partial charge in [0.15, 0.2) is 6.10 Å². The Morgan fingerprint density at radius 3 is 2.24 bits per heavy atom. The van der Waals surface area contributed by atoms with Crippen LogP contribution >= 0.6 is 0 Å². The third-order valence-corrected chi connectivity index (χ3v) is 6.35. The second kappa shape index (κ2) is 11.3. The second-order valence-corrected chi connectivity index (χ2v) is 9.13. The Balaban J connectivity index is 1.67. The Morgan fingerprint density at radius 2 is 1.63 bits per heavy atom. The van der Waals surface area contributed by atoms with Crippen molar-refractivity contribution in [2.75, 3.05) is 19.2 Å². The molecule has 10 nitrogen and oxygen atoms in total. The molecule has 1 heterocycles. The van der Waals surface area contributed by atoms with Gasteiger partial charge in [-0.2, -0.15) is 0 Å². The van der Waals surface area contributed by atoms with E-state index in [1.54, 1.807) is 48.5 Å². The smallest absolute Gasteiger partial charge is 0.272 e. The van der Waals surface area contributed by atoms with Crippen molar-refractivity contribution in [1.82, 2.24) is 15.3 Å². The van der Waals surface area contributed by atoms with Crippen LogP contribution in [0.2, 0.25) is 0 Å². The number of methoxy groups -OCH3 is 2. The number of H-pyrrole nitrogens is 1. The van der Waals surface area contributed by atoms with E-state index in [9.17, 15) is 14.7 Å². The van der Waals surface area contributed by atoms with Gasteiger partial charge in [0.05, 0.1) is 43.3 Å². The summed E-state index contributed by atoms with van der Waals surface area (Å²) < 4.78 is 10.7. The largest absolute Gasteiger partial charge is 0.497 e. The Bertz CT molecular complexity index is 1410. The molecule has 0 bridgehead atoms. The van der Waals surface area contributed by atoms with Crippen LogP contribution in [0.25, 0.3) is 11.0 Å². The van der Waals surface area contributed by atoms with Gasteiger partial charge in [-0.1, -0.05) is 26.0 Å². The minimum Gasteiger partial charge on any atom is -0.497 e. The average Bonchev–Trinajstić information content (AvgIpc) is 3.42. The SMILES string of the molecule is COc1cc(OC)cc(C(NC(=O)c2ccc(C(C)C)cc2)C(O)C(=O)N(N)c2ccc3nc[nH]c3c2)c1. The molecule has 4 rings (SSSR count). The van der Waals surface area contributed by atoms with Gasteiger partial charge in [0, 0.05) is 11.6 Å². The number of anilines is 1. The number of imidazole rings is 1. The number of nitrogens with two attached hydrogens (primary N) is 1. The van der Waals surface area contributed by atoms with Crippen LogP contribution in [0.4, 0.5) is 5.69 Å². The molecule has 0 spiro atoms. The van der Waals surface area contributed by atoms with Crippen LogP contribution < -0.4 is 25.6 Å². The summed E-state index contributed by atoms with van der Waals surface area (Å²) in [4.78, 5) is 33.8. The van der Waals surface area contributed by atoms with Crippen molar-refractivity contribution in [2.45, 2.75) is 31.9 Å². The predicted octanol–water partition coefficient (Wildman–Crippen LogP) is 3.44. The fraction of sp³-hybridized carbons (Fsp3) is 0.250. The number of carbonyl (C=O) groups excluding carboxylic acids is 2. The van der Waals surface area contributed by atoms with Crippen LogP contribution in [0, 0.1) is 0 Å². The number of benzene rings is 3. The van der Waals surface area contributed by atoms with E-state index in [-0.39, 0.29) is 0 Å². The number of nitrogens with zero attached hydrogens (tertiary/aromatic N) is 2. The molecule has 0 aliphatic heterocycles. The molecule has 0 radical (unpaired) electrons. The van der Waals surface area contributed by atoms with Gasteiger partial charge in [0.1, 0.15) is 11.5 Å². The van der Waals surface area contributed by atoms with Gasteiger partial charge in [-0.25, -0.2) is 15.8 Å². The number of aliphatic hydroxyl groups excluding tert-OH is 1. The van der Waals surface area contributed by atoms with Crippen LogP contribution in [0.3, 0.4) is 0 Å². The molecule has 38 heavy (non-hydrogen) atoms. The number of hydrogen-bond acceptors (Lipinski definition) is 7. The minimum atomic E-state index is -1.74. The van der Waals surface area contributed by atoms with Crippen molar-refractivity contribution in [3.63, 3.8) is 0 Å². The van der Waals surface area contributed by atoms with Crippen LogP contribution in [0.1, 0.15) is 47.3 Å². The molecule has 2 unspecified atom stereocenters. The maximum absolute atomic E-state index is 13.4. The van der Waals surface area contributed by atoms with Gasteiger partial charge in [0.25, 0.3) is 11.8 Å². The van der Waals surface area contributed by atoms with Gasteiger partial charge >= 0.3 is 0 Å². The van der Waals surface area contributed by atoms with E-state index in [2.05, 4.69) is 29.1 Å². The number of carbonyl (C=O) groups is 2. The maximum atomic E-state index is 13.4. The van der Waals surface area contributed by atoms with Crippen molar-refractivity contribution >= 4 is 28.5 Å². The first-order chi connectivity index (χ1) is 18.2. The van der Waals surface area contributed by atoms with Crippen molar-refractivity contribution in [1.29, 1.82) is 0 Å². The van der Waals surface area contributed by atoms with Gasteiger partial charge in [-0.15, -0.1) is 0 Å². The third kappa shape index (κ3) is 5.61. The van der Waals surface area contributed by atoms with Crippen molar-refractivity contribution < 1.29 is 24.2 Å². The third-order valence-electron chi connectivity index (χ3n) is 6.35. The van der Waals surface area contributed by atoms with E-state index in [1.165, 1.54) is 20.5 Å². The van der Waals surface area contributed by atoms with Crippen LogP contribution in [-0.2, 0) is 4.79 Å². The number of hydrogen-bond donors (Lipinski definition) is 4. The highest BCUT2D eigenvalue weighted by Gasteiger charge is 2.33. The van der Waals surface area contributed by atoms with Gasteiger partial charge in [0.2, 0.25) is 0 Å². The first-order valence-corrected chi connectivity index (χ1v) is 12.1. The van der Waals surface area contributed by atoms with Crippen LogP contribution in [0.15, 0.2) is 67.0 Å². The zero-order valence-electron chi connectivity index (χ0n) is 21.6. The number of fused-ring (bicyclic) bond motifs is 1. The standard InChI is InChI=1S/C28H31N5O5/c1-16(2)17-5-7-18(8-6-17)27(35)32-25(19-11-21(37-3)14-22(12-19)38-4)26(34)28(36)33(29)20-9-10-23-24(13-20)31-15-30-23/h5-16,25-26,34H,29H2,1-4H3,(H,30,31)(H,32,35). The molecular weight excluding hydrogens is 486 g/mol. The van der Waals surface area contributed by atoms with Crippen LogP contribution in [0.5, 0.6) is 11.5 Å². The number of ether oxygens (including phenoxy) is 2. The summed E-state index contributed by atoms with van der Waals surface area (Å²) in [5.74, 6) is 6.00. The molecule has 0 aliphatic rings. The first-order valence-electron chi connectivity index (χ1n) is 12.1. The van der Waals surface area contributed by atoms with Gasteiger partial charge < -0.3 is 24.9 Å². The van der Waals surface area contributed by atoms with E-state index < -0.39 is 24.0 Å². The molecule has 0 fully saturated rings. The van der Waals surface area contributed by atoms with E-state index in [4.69, 9.17) is 15.3 Å². The van der Waals surface area contributed by atoms with E-state index >= 15 is 0 Å². The highest BCUT2D eigenvalue weighted by molar-refractivity contribution is 5.99. The number of hydrazine groups is 1. The average molecular weight is 518 g/mol. The van der Waals surface area contributed by atoms with Crippen molar-refractivity contribution in [3.05, 3.63) is 83.7 Å². The summed E-state index contributed by atoms with van der Waals surface area (Å²) >= 11 is 0. The van der Waals surface area contributed by atoms with Gasteiger partial charge in [-0.05, 0) is 59.5 Å². The van der Waals surface area contributed by atoms with Gasteiger partial charge in [-0.3, -0.25) is 9.59 Å². The van der Waals surface area contributed by atoms with Crippen molar-refractivity contribution in [3.8, 4) is 11.5 Å². The van der Waals surface area contributed by atoms with E-state index in [1.807, 2.05) is 12.1 Å². The molecule has 2 amide bonds. The fourth-order valence-electron chi connectivity index (χ4n) is 4.08. The summed E-state index contributed by atoms with van der Waals surface area (Å²) in [6.45, 7) is 4.12. The lowest BCUT2D eigenvalue weighted by Crippen LogP contribution is -2.50. The van der Waals surface area contributed by atoms with E-state index in [0.29, 0.717) is 45.3 Å². The highest BCUT2D eigenvalue weighted by Crippen LogP contribution is 2.30. The Kier molecular flexibility index (Phi) is 7.94. The number of rotatable bonds is 9. The number of amides is 2. The molecule has 1 aromatic heterocycles. The lowest BCUT2D eigenvalue weighted by Gasteiger charge is -2.28. The van der Waals surface area contributed by atoms with E-state index in [0.717, 1.165) is 10.6 Å². The summed E-state index contributed by atoms with van der Waals surface area (Å²) in [5.41, 5.74) is 3.57. The summed E-state index contributed by atoms with van der Waals surface area (Å²) in [5, 5.41) is 14.9. The zero-order valence-corrected chi connectivity index (χ0v) is 21.6. The summed E-state index contributed by atoms with van der Waals surface area (Å²) in [6.07, 6.45) is -0.213. The van der Waals surface area contributed by atoms with Crippen LogP contribution in [-0.4, -0.2) is 47.2 Å². The Labute approximate surface area is 220 Å². The maximum Gasteiger partial charge on any atom is 0.272 e. The number of aliphatic hydroxyl groups is 1. The quantitative estimate of drug-likeness (QED) is 0.151. The molecule has 0 saturated carbocycles. The lowest BCUT2D eigenvalue weighted by atomic mass is 9.98. The monoisotopic (exact) mass is 517 g/mol. The zero-order chi connectivity index (χ0) is 27.4. The summed E-state index contributed by atoms with van der Waals surface area (Å²) in [7, 11) is 2.97. The fourth-order valence-corrected chi connectivity index (χ4v) is 4.08. The molecule has 3 aromatic carbocycles.